The van der Waals surface area contributed by atoms with E-state index in [9.17, 15) is 9.59 Å². The van der Waals surface area contributed by atoms with Gasteiger partial charge in [0.25, 0.3) is 11.8 Å². The Morgan fingerprint density at radius 2 is 1.70 bits per heavy atom. The second-order valence-corrected chi connectivity index (χ2v) is 7.85. The second kappa shape index (κ2) is 7.16. The maximum absolute atomic E-state index is 12.7. The molecule has 0 saturated heterocycles. The molecular formula is C22H17N5O2S. The Bertz CT molecular complexity index is 1400. The van der Waals surface area contributed by atoms with Gasteiger partial charge in [-0.2, -0.15) is 5.10 Å². The van der Waals surface area contributed by atoms with Gasteiger partial charge >= 0.3 is 0 Å². The summed E-state index contributed by atoms with van der Waals surface area (Å²) in [6.07, 6.45) is 1.63. The van der Waals surface area contributed by atoms with Gasteiger partial charge in [-0.25, -0.2) is 4.68 Å². The first-order valence-corrected chi connectivity index (χ1v) is 10.1. The first-order valence-electron chi connectivity index (χ1n) is 9.33. The van der Waals surface area contributed by atoms with E-state index >= 15 is 0 Å². The Labute approximate surface area is 175 Å². The lowest BCUT2D eigenvalue weighted by Crippen LogP contribution is -2.41. The summed E-state index contributed by atoms with van der Waals surface area (Å²) in [6.45, 7) is 1.91. The number of fused-ring (bicyclic) bond motifs is 2. The van der Waals surface area contributed by atoms with Crippen molar-refractivity contribution in [2.45, 2.75) is 6.92 Å². The van der Waals surface area contributed by atoms with Gasteiger partial charge in [-0.1, -0.05) is 36.4 Å². The molecule has 3 aromatic heterocycles. The quantitative estimate of drug-likeness (QED) is 0.390. The van der Waals surface area contributed by atoms with Crippen LogP contribution >= 0.6 is 11.3 Å². The molecule has 148 valence electrons. The summed E-state index contributed by atoms with van der Waals surface area (Å²) >= 11 is 1.33. The zero-order valence-electron chi connectivity index (χ0n) is 16.0. The van der Waals surface area contributed by atoms with Crippen LogP contribution in [-0.4, -0.2) is 26.6 Å². The van der Waals surface area contributed by atoms with Crippen molar-refractivity contribution in [3.05, 3.63) is 83.0 Å². The van der Waals surface area contributed by atoms with Gasteiger partial charge in [-0.3, -0.25) is 20.4 Å². The van der Waals surface area contributed by atoms with E-state index in [-0.39, 0.29) is 11.8 Å². The van der Waals surface area contributed by atoms with Crippen molar-refractivity contribution in [1.82, 2.24) is 25.6 Å². The summed E-state index contributed by atoms with van der Waals surface area (Å²) < 4.78 is 1.83. The van der Waals surface area contributed by atoms with Crippen molar-refractivity contribution < 1.29 is 9.59 Å². The number of H-pyrrole nitrogens is 1. The van der Waals surface area contributed by atoms with Crippen LogP contribution in [-0.2, 0) is 0 Å². The number of amides is 2. The van der Waals surface area contributed by atoms with E-state index in [0.29, 0.717) is 10.4 Å². The zero-order valence-corrected chi connectivity index (χ0v) is 16.8. The van der Waals surface area contributed by atoms with Crippen LogP contribution in [0.1, 0.15) is 25.7 Å². The SMILES string of the molecule is Cc1nn(-c2ccccc2)c2sc(C(=O)NNC(=O)c3c[nH]c4ccccc34)cc12. The highest BCUT2D eigenvalue weighted by molar-refractivity contribution is 7.20. The molecule has 7 nitrogen and oxygen atoms in total. The minimum atomic E-state index is -0.381. The minimum absolute atomic E-state index is 0.372. The molecule has 2 aromatic carbocycles. The molecule has 0 aliphatic rings. The molecule has 2 amide bonds. The average Bonchev–Trinajstić information content (AvgIpc) is 3.47. The maximum Gasteiger partial charge on any atom is 0.279 e. The molecule has 30 heavy (non-hydrogen) atoms. The fourth-order valence-corrected chi connectivity index (χ4v) is 4.48. The third kappa shape index (κ3) is 3.03. The van der Waals surface area contributed by atoms with E-state index < -0.39 is 0 Å². The molecule has 0 aliphatic carbocycles. The topological polar surface area (TPSA) is 91.8 Å². The smallest absolute Gasteiger partial charge is 0.279 e. The molecule has 5 rings (SSSR count). The van der Waals surface area contributed by atoms with Crippen molar-refractivity contribution in [1.29, 1.82) is 0 Å². The number of benzene rings is 2. The number of hydrogen-bond donors (Lipinski definition) is 3. The van der Waals surface area contributed by atoms with Crippen LogP contribution in [0.15, 0.2) is 66.9 Å². The fourth-order valence-electron chi connectivity index (χ4n) is 3.41. The number of aromatic amines is 1. The van der Waals surface area contributed by atoms with E-state index in [1.165, 1.54) is 11.3 Å². The third-order valence-corrected chi connectivity index (χ3v) is 6.00. The van der Waals surface area contributed by atoms with Gasteiger partial charge < -0.3 is 4.98 Å². The van der Waals surface area contributed by atoms with Crippen molar-refractivity contribution in [3.63, 3.8) is 0 Å². The summed E-state index contributed by atoms with van der Waals surface area (Å²) in [6, 6.07) is 19.1. The predicted molar refractivity (Wildman–Crippen MR) is 117 cm³/mol. The maximum atomic E-state index is 12.7. The van der Waals surface area contributed by atoms with Crippen molar-refractivity contribution >= 4 is 44.3 Å². The molecule has 8 heteroatoms. The Kier molecular flexibility index (Phi) is 4.33. The molecule has 5 aromatic rings. The van der Waals surface area contributed by atoms with Gasteiger partial charge in [0.15, 0.2) is 0 Å². The number of hydrogen-bond acceptors (Lipinski definition) is 4. The number of nitrogens with one attached hydrogen (secondary N) is 3. The van der Waals surface area contributed by atoms with Crippen molar-refractivity contribution in [2.24, 2.45) is 0 Å². The molecule has 3 heterocycles. The number of aryl methyl sites for hydroxylation is 1. The Morgan fingerprint density at radius 1 is 0.967 bits per heavy atom. The van der Waals surface area contributed by atoms with Crippen LogP contribution in [0, 0.1) is 6.92 Å². The van der Waals surface area contributed by atoms with E-state index in [2.05, 4.69) is 20.9 Å². The van der Waals surface area contributed by atoms with Crippen LogP contribution in [0.25, 0.3) is 26.8 Å². The summed E-state index contributed by atoms with van der Waals surface area (Å²) in [7, 11) is 0. The van der Waals surface area contributed by atoms with Crippen molar-refractivity contribution in [3.8, 4) is 5.69 Å². The lowest BCUT2D eigenvalue weighted by atomic mass is 10.2. The first-order chi connectivity index (χ1) is 14.6. The van der Waals surface area contributed by atoms with Gasteiger partial charge in [0, 0.05) is 22.5 Å². The van der Waals surface area contributed by atoms with Crippen molar-refractivity contribution in [2.75, 3.05) is 0 Å². The molecule has 0 fully saturated rings. The highest BCUT2D eigenvalue weighted by Gasteiger charge is 2.18. The summed E-state index contributed by atoms with van der Waals surface area (Å²) in [5, 5.41) is 6.29. The third-order valence-electron chi connectivity index (χ3n) is 4.89. The van der Waals surface area contributed by atoms with Crippen LogP contribution < -0.4 is 10.9 Å². The minimum Gasteiger partial charge on any atom is -0.360 e. The van der Waals surface area contributed by atoms with E-state index in [4.69, 9.17) is 0 Å². The highest BCUT2D eigenvalue weighted by Crippen LogP contribution is 2.30. The lowest BCUT2D eigenvalue weighted by Gasteiger charge is -2.05. The number of para-hydroxylation sites is 2. The largest absolute Gasteiger partial charge is 0.360 e. The monoisotopic (exact) mass is 415 g/mol. The summed E-state index contributed by atoms with van der Waals surface area (Å²) in [5.41, 5.74) is 8.11. The van der Waals surface area contributed by atoms with Crippen LogP contribution in [0.2, 0.25) is 0 Å². The van der Waals surface area contributed by atoms with E-state index in [1.807, 2.05) is 66.2 Å². The molecule has 0 atom stereocenters. The number of rotatable bonds is 3. The fraction of sp³-hybridized carbons (Fsp3) is 0.0455. The van der Waals surface area contributed by atoms with Gasteiger partial charge in [-0.05, 0) is 31.2 Å². The van der Waals surface area contributed by atoms with Gasteiger partial charge in [-0.15, -0.1) is 11.3 Å². The molecule has 0 saturated carbocycles. The number of thiophene rings is 1. The molecule has 0 bridgehead atoms. The van der Waals surface area contributed by atoms with E-state index in [0.717, 1.165) is 32.5 Å². The number of carbonyl (C=O) groups is 2. The normalized spacial score (nSPS) is 11.1. The Hall–Kier alpha value is -3.91. The first kappa shape index (κ1) is 18.1. The van der Waals surface area contributed by atoms with Crippen LogP contribution in [0.5, 0.6) is 0 Å². The molecule has 0 unspecified atom stereocenters. The zero-order chi connectivity index (χ0) is 20.7. The highest BCUT2D eigenvalue weighted by atomic mass is 32.1. The summed E-state index contributed by atoms with van der Waals surface area (Å²) in [4.78, 5) is 29.6. The summed E-state index contributed by atoms with van der Waals surface area (Å²) in [5.74, 6) is -0.753. The molecule has 0 spiro atoms. The Balaban J connectivity index is 1.37. The van der Waals surface area contributed by atoms with Gasteiger partial charge in [0.2, 0.25) is 0 Å². The molecule has 3 N–H and O–H groups in total. The number of nitrogens with zero attached hydrogens (tertiary/aromatic N) is 2. The second-order valence-electron chi connectivity index (χ2n) is 6.82. The number of hydrazine groups is 1. The molecule has 0 radical (unpaired) electrons. The van der Waals surface area contributed by atoms with Gasteiger partial charge in [0.1, 0.15) is 4.83 Å². The number of carbonyl (C=O) groups excluding carboxylic acids is 2. The van der Waals surface area contributed by atoms with Crippen LogP contribution in [0.4, 0.5) is 0 Å². The van der Waals surface area contributed by atoms with Gasteiger partial charge in [0.05, 0.1) is 21.8 Å². The predicted octanol–water partition coefficient (Wildman–Crippen LogP) is 3.95. The van der Waals surface area contributed by atoms with Crippen LogP contribution in [0.3, 0.4) is 0 Å². The average molecular weight is 415 g/mol. The molecular weight excluding hydrogens is 398 g/mol. The number of aromatic nitrogens is 3. The Morgan fingerprint density at radius 3 is 2.53 bits per heavy atom. The lowest BCUT2D eigenvalue weighted by molar-refractivity contribution is 0.0850. The molecule has 0 aliphatic heterocycles. The standard InChI is InChI=1S/C22H17N5O2S/c1-13-16-11-19(30-22(16)27(26-13)14-7-3-2-4-8-14)21(29)25-24-20(28)17-12-23-18-10-6-5-9-15(17)18/h2-12,23H,1H3,(H,24,28)(H,25,29). The van der Waals surface area contributed by atoms with E-state index in [1.54, 1.807) is 12.3 Å².